The summed E-state index contributed by atoms with van der Waals surface area (Å²) >= 11 is 0. The van der Waals surface area contributed by atoms with Gasteiger partial charge in [0.05, 0.1) is 0 Å². The van der Waals surface area contributed by atoms with Crippen molar-refractivity contribution in [3.8, 4) is 0 Å². The number of rotatable bonds is 47. The lowest BCUT2D eigenvalue weighted by atomic mass is 10.0. The highest BCUT2D eigenvalue weighted by Gasteiger charge is 2.19. The normalized spacial score (nSPS) is 12.5. The Labute approximate surface area is 383 Å². The predicted octanol–water partition coefficient (Wildman–Crippen LogP) is 17.3. The quantitative estimate of drug-likeness (QED) is 0.0262. The van der Waals surface area contributed by atoms with E-state index in [0.29, 0.717) is 19.3 Å². The van der Waals surface area contributed by atoms with Crippen molar-refractivity contribution in [3.63, 3.8) is 0 Å². The lowest BCUT2D eigenvalue weighted by Gasteiger charge is -2.18. The second kappa shape index (κ2) is 50.8. The van der Waals surface area contributed by atoms with E-state index >= 15 is 0 Å². The summed E-state index contributed by atoms with van der Waals surface area (Å²) in [5.41, 5.74) is 0. The molecule has 0 heterocycles. The Bertz CT molecular complexity index is 1130. The van der Waals surface area contributed by atoms with Crippen LogP contribution < -0.4 is 0 Å². The van der Waals surface area contributed by atoms with E-state index in [1.165, 1.54) is 148 Å². The van der Waals surface area contributed by atoms with Gasteiger partial charge in [-0.3, -0.25) is 14.4 Å². The van der Waals surface area contributed by atoms with Crippen molar-refractivity contribution in [2.75, 3.05) is 13.2 Å². The first-order valence-electron chi connectivity index (χ1n) is 26.3. The van der Waals surface area contributed by atoms with Gasteiger partial charge in [-0.1, -0.05) is 242 Å². The Morgan fingerprint density at radius 1 is 0.323 bits per heavy atom. The van der Waals surface area contributed by atoms with Gasteiger partial charge in [-0.15, -0.1) is 0 Å². The summed E-state index contributed by atoms with van der Waals surface area (Å²) in [5.74, 6) is -0.973. The zero-order chi connectivity index (χ0) is 45.1. The number of unbranched alkanes of at least 4 members (excludes halogenated alkanes) is 26. The molecule has 0 rings (SSSR count). The van der Waals surface area contributed by atoms with Gasteiger partial charge < -0.3 is 14.2 Å². The summed E-state index contributed by atoms with van der Waals surface area (Å²) in [4.78, 5) is 37.9. The van der Waals surface area contributed by atoms with Crippen molar-refractivity contribution >= 4 is 17.9 Å². The first-order valence-corrected chi connectivity index (χ1v) is 26.3. The average molecular weight is 867 g/mol. The van der Waals surface area contributed by atoms with Crippen LogP contribution in [0.5, 0.6) is 0 Å². The molecule has 1 atom stereocenters. The van der Waals surface area contributed by atoms with Crippen molar-refractivity contribution in [3.05, 3.63) is 60.8 Å². The minimum absolute atomic E-state index is 0.0936. The molecule has 0 saturated carbocycles. The minimum Gasteiger partial charge on any atom is -0.462 e. The molecule has 0 unspecified atom stereocenters. The van der Waals surface area contributed by atoms with E-state index in [1.807, 2.05) is 6.08 Å². The molecule has 0 fully saturated rings. The van der Waals surface area contributed by atoms with Crippen LogP contribution in [0, 0.1) is 0 Å². The van der Waals surface area contributed by atoms with Crippen LogP contribution in [0.4, 0.5) is 0 Å². The van der Waals surface area contributed by atoms with Gasteiger partial charge in [-0.2, -0.15) is 0 Å². The van der Waals surface area contributed by atoms with Crippen molar-refractivity contribution < 1.29 is 28.6 Å². The van der Waals surface area contributed by atoms with Gasteiger partial charge in [-0.05, 0) is 57.8 Å². The molecule has 62 heavy (non-hydrogen) atoms. The Morgan fingerprint density at radius 3 is 1.00 bits per heavy atom. The van der Waals surface area contributed by atoms with Crippen molar-refractivity contribution in [1.29, 1.82) is 0 Å². The second-order valence-corrected chi connectivity index (χ2v) is 17.4. The van der Waals surface area contributed by atoms with Crippen LogP contribution in [0.3, 0.4) is 0 Å². The fourth-order valence-electron chi connectivity index (χ4n) is 7.31. The standard InChI is InChI=1S/C56H98O6/c1-4-7-10-13-16-19-22-25-26-27-28-29-30-32-34-37-40-43-46-49-55(58)61-52-53(51-60-54(57)48-45-42-39-36-33-24-21-18-15-12-9-6-3)62-56(59)50-47-44-41-38-35-31-23-20-17-14-11-8-5-2/h16,19,25-26,28-29,32,34,40,43,53H,4-15,17-18,20-24,27,30-31,33,35-39,41-42,44-52H2,1-3H3/b19-16-,26-25-,29-28-,34-32-,43-40-/t53-/m0/s1. The third-order valence-corrected chi connectivity index (χ3v) is 11.3. The highest BCUT2D eigenvalue weighted by Crippen LogP contribution is 2.15. The number of hydrogen-bond acceptors (Lipinski definition) is 6. The summed E-state index contributed by atoms with van der Waals surface area (Å²) in [5, 5.41) is 0. The summed E-state index contributed by atoms with van der Waals surface area (Å²) < 4.78 is 16.7. The summed E-state index contributed by atoms with van der Waals surface area (Å²) in [6, 6.07) is 0. The summed E-state index contributed by atoms with van der Waals surface area (Å²) in [6.07, 6.45) is 62.1. The molecule has 0 aliphatic rings. The van der Waals surface area contributed by atoms with E-state index < -0.39 is 6.10 Å². The predicted molar refractivity (Wildman–Crippen MR) is 265 cm³/mol. The third kappa shape index (κ3) is 48.1. The Hall–Kier alpha value is -2.89. The number of ether oxygens (including phenoxy) is 3. The van der Waals surface area contributed by atoms with Gasteiger partial charge in [0, 0.05) is 19.3 Å². The van der Waals surface area contributed by atoms with Crippen molar-refractivity contribution in [2.24, 2.45) is 0 Å². The molecule has 0 radical (unpaired) electrons. The van der Waals surface area contributed by atoms with Crippen LogP contribution in [-0.4, -0.2) is 37.2 Å². The lowest BCUT2D eigenvalue weighted by molar-refractivity contribution is -0.166. The zero-order valence-corrected chi connectivity index (χ0v) is 40.9. The van der Waals surface area contributed by atoms with E-state index in [2.05, 4.69) is 75.5 Å². The van der Waals surface area contributed by atoms with Crippen LogP contribution in [0.2, 0.25) is 0 Å². The first kappa shape index (κ1) is 59.1. The second-order valence-electron chi connectivity index (χ2n) is 17.4. The van der Waals surface area contributed by atoms with Gasteiger partial charge >= 0.3 is 17.9 Å². The molecule has 0 saturated heterocycles. The van der Waals surface area contributed by atoms with Crippen LogP contribution in [-0.2, 0) is 28.6 Å². The maximum Gasteiger partial charge on any atom is 0.306 e. The fraction of sp³-hybridized carbons (Fsp3) is 0.768. The Balaban J connectivity index is 4.46. The fourth-order valence-corrected chi connectivity index (χ4v) is 7.31. The molecule has 0 aliphatic heterocycles. The van der Waals surface area contributed by atoms with Gasteiger partial charge in [0.15, 0.2) is 6.10 Å². The van der Waals surface area contributed by atoms with E-state index in [1.54, 1.807) is 0 Å². The molecular weight excluding hydrogens is 769 g/mol. The maximum absolute atomic E-state index is 12.8. The molecular formula is C56H98O6. The van der Waals surface area contributed by atoms with E-state index in [-0.39, 0.29) is 37.5 Å². The number of hydrogen-bond donors (Lipinski definition) is 0. The molecule has 358 valence electrons. The smallest absolute Gasteiger partial charge is 0.306 e. The van der Waals surface area contributed by atoms with Gasteiger partial charge in [0.2, 0.25) is 0 Å². The summed E-state index contributed by atoms with van der Waals surface area (Å²) in [7, 11) is 0. The molecule has 0 aromatic rings. The van der Waals surface area contributed by atoms with E-state index in [9.17, 15) is 14.4 Å². The van der Waals surface area contributed by atoms with Gasteiger partial charge in [-0.25, -0.2) is 0 Å². The van der Waals surface area contributed by atoms with E-state index in [0.717, 1.165) is 64.2 Å². The first-order chi connectivity index (χ1) is 30.5. The number of carbonyl (C=O) groups excluding carboxylic acids is 3. The molecule has 6 nitrogen and oxygen atoms in total. The average Bonchev–Trinajstić information content (AvgIpc) is 3.27. The molecule has 0 N–H and O–H groups in total. The number of carbonyl (C=O) groups is 3. The zero-order valence-electron chi connectivity index (χ0n) is 40.9. The lowest BCUT2D eigenvalue weighted by Crippen LogP contribution is -2.30. The molecule has 0 amide bonds. The molecule has 0 aliphatic carbocycles. The van der Waals surface area contributed by atoms with Crippen LogP contribution >= 0.6 is 0 Å². The highest BCUT2D eigenvalue weighted by molar-refractivity contribution is 5.71. The maximum atomic E-state index is 12.8. The van der Waals surface area contributed by atoms with Crippen molar-refractivity contribution in [1.82, 2.24) is 0 Å². The monoisotopic (exact) mass is 867 g/mol. The minimum atomic E-state index is -0.799. The van der Waals surface area contributed by atoms with Crippen LogP contribution in [0.1, 0.15) is 258 Å². The number of allylic oxidation sites excluding steroid dienone is 10. The van der Waals surface area contributed by atoms with Gasteiger partial charge in [0.25, 0.3) is 0 Å². The molecule has 0 aromatic carbocycles. The van der Waals surface area contributed by atoms with E-state index in [4.69, 9.17) is 14.2 Å². The third-order valence-electron chi connectivity index (χ3n) is 11.3. The highest BCUT2D eigenvalue weighted by atomic mass is 16.6. The molecule has 6 heteroatoms. The Morgan fingerprint density at radius 2 is 0.613 bits per heavy atom. The Kier molecular flexibility index (Phi) is 48.4. The molecule has 0 spiro atoms. The summed E-state index contributed by atoms with van der Waals surface area (Å²) in [6.45, 7) is 6.55. The van der Waals surface area contributed by atoms with Crippen LogP contribution in [0.15, 0.2) is 60.8 Å². The van der Waals surface area contributed by atoms with Crippen LogP contribution in [0.25, 0.3) is 0 Å². The van der Waals surface area contributed by atoms with Gasteiger partial charge in [0.1, 0.15) is 13.2 Å². The SMILES string of the molecule is CCCCC/C=C\C/C=C\C/C=C\C/C=C\C/C=C\CCC(=O)OC[C@H](COC(=O)CCCCCCCCCCCCCC)OC(=O)CCCCCCCCCCCCCCC. The molecule has 0 bridgehead atoms. The molecule has 0 aromatic heterocycles. The van der Waals surface area contributed by atoms with Crippen molar-refractivity contribution in [2.45, 2.75) is 264 Å². The largest absolute Gasteiger partial charge is 0.462 e. The number of esters is 3. The topological polar surface area (TPSA) is 78.9 Å².